The molecule has 35 heavy (non-hydrogen) atoms. The molecular formula is C25H29N5O4S. The number of rotatable bonds is 9. The predicted octanol–water partition coefficient (Wildman–Crippen LogP) is 3.77. The predicted molar refractivity (Wildman–Crippen MR) is 134 cm³/mol. The molecule has 184 valence electrons. The summed E-state index contributed by atoms with van der Waals surface area (Å²) in [6.45, 7) is 5.96. The van der Waals surface area contributed by atoms with E-state index in [0.29, 0.717) is 27.8 Å². The van der Waals surface area contributed by atoms with E-state index in [0.717, 1.165) is 5.56 Å². The third-order valence-electron chi connectivity index (χ3n) is 5.31. The minimum Gasteiger partial charge on any atom is -0.465 e. The number of aryl methyl sites for hydroxylation is 1. The minimum absolute atomic E-state index is 0.0653. The molecule has 2 N–H and O–H groups in total. The molecule has 0 aliphatic carbocycles. The van der Waals surface area contributed by atoms with Crippen LogP contribution in [0, 0.1) is 12.8 Å². The summed E-state index contributed by atoms with van der Waals surface area (Å²) in [4.78, 5) is 36.9. The SMILES string of the molecule is COC(=O)c1cccc(NC(=O)CSc2nnc([C@@H](NC(=O)c3ccc(C)cc3)C(C)C)n2C)c1. The highest BCUT2D eigenvalue weighted by Crippen LogP contribution is 2.25. The number of hydrogen-bond acceptors (Lipinski definition) is 7. The Labute approximate surface area is 208 Å². The average Bonchev–Trinajstić information content (AvgIpc) is 3.20. The summed E-state index contributed by atoms with van der Waals surface area (Å²) in [6, 6.07) is 13.5. The smallest absolute Gasteiger partial charge is 0.337 e. The summed E-state index contributed by atoms with van der Waals surface area (Å²) < 4.78 is 6.49. The van der Waals surface area contributed by atoms with Gasteiger partial charge in [-0.2, -0.15) is 0 Å². The van der Waals surface area contributed by atoms with Crippen molar-refractivity contribution in [3.8, 4) is 0 Å². The number of aromatic nitrogens is 3. The normalized spacial score (nSPS) is 11.7. The quantitative estimate of drug-likeness (QED) is 0.343. The number of amides is 2. The van der Waals surface area contributed by atoms with Gasteiger partial charge in [0.2, 0.25) is 5.91 Å². The van der Waals surface area contributed by atoms with Gasteiger partial charge in [-0.25, -0.2) is 4.79 Å². The van der Waals surface area contributed by atoms with E-state index in [1.54, 1.807) is 41.0 Å². The molecule has 0 fully saturated rings. The fourth-order valence-corrected chi connectivity index (χ4v) is 4.07. The maximum atomic E-state index is 12.8. The monoisotopic (exact) mass is 495 g/mol. The first-order chi connectivity index (χ1) is 16.7. The number of hydrogen-bond donors (Lipinski definition) is 2. The number of benzene rings is 2. The third-order valence-corrected chi connectivity index (χ3v) is 6.33. The zero-order chi connectivity index (χ0) is 25.5. The van der Waals surface area contributed by atoms with Crippen molar-refractivity contribution in [2.75, 3.05) is 18.2 Å². The highest BCUT2D eigenvalue weighted by Gasteiger charge is 2.25. The molecule has 2 aromatic carbocycles. The van der Waals surface area contributed by atoms with Crippen molar-refractivity contribution in [3.05, 3.63) is 71.0 Å². The van der Waals surface area contributed by atoms with Gasteiger partial charge in [-0.1, -0.05) is 49.4 Å². The number of methoxy groups -OCH3 is 1. The maximum absolute atomic E-state index is 12.8. The minimum atomic E-state index is -0.476. The highest BCUT2D eigenvalue weighted by atomic mass is 32.2. The van der Waals surface area contributed by atoms with Crippen LogP contribution in [0.5, 0.6) is 0 Å². The van der Waals surface area contributed by atoms with Crippen LogP contribution in [-0.2, 0) is 16.6 Å². The van der Waals surface area contributed by atoms with Crippen LogP contribution in [0.25, 0.3) is 0 Å². The molecule has 0 saturated heterocycles. The lowest BCUT2D eigenvalue weighted by Crippen LogP contribution is -2.33. The van der Waals surface area contributed by atoms with E-state index in [9.17, 15) is 14.4 Å². The standard InChI is InChI=1S/C25H29N5O4S/c1-15(2)21(27-23(32)17-11-9-16(3)10-12-17)22-28-29-25(30(22)4)35-14-20(31)26-19-8-6-7-18(13-19)24(33)34-5/h6-13,15,21H,14H2,1-5H3,(H,26,31)(H,27,32)/t21-/m0/s1. The molecule has 0 aliphatic rings. The summed E-state index contributed by atoms with van der Waals surface area (Å²) in [7, 11) is 3.11. The lowest BCUT2D eigenvalue weighted by Gasteiger charge is -2.21. The fraction of sp³-hybridized carbons (Fsp3) is 0.320. The van der Waals surface area contributed by atoms with Crippen LogP contribution in [0.1, 0.15) is 52.0 Å². The van der Waals surface area contributed by atoms with E-state index in [2.05, 4.69) is 20.8 Å². The van der Waals surface area contributed by atoms with E-state index in [1.165, 1.54) is 18.9 Å². The summed E-state index contributed by atoms with van der Waals surface area (Å²) in [5.74, 6) is -0.152. The van der Waals surface area contributed by atoms with Crippen molar-refractivity contribution >= 4 is 35.2 Å². The van der Waals surface area contributed by atoms with Crippen LogP contribution in [0.15, 0.2) is 53.7 Å². The Morgan fingerprint density at radius 1 is 1.06 bits per heavy atom. The number of anilines is 1. The van der Waals surface area contributed by atoms with Gasteiger partial charge in [-0.15, -0.1) is 10.2 Å². The molecular weight excluding hydrogens is 466 g/mol. The molecule has 1 atom stereocenters. The molecule has 10 heteroatoms. The van der Waals surface area contributed by atoms with Crippen molar-refractivity contribution in [1.82, 2.24) is 20.1 Å². The van der Waals surface area contributed by atoms with Crippen molar-refractivity contribution in [2.45, 2.75) is 32.0 Å². The molecule has 3 aromatic rings. The van der Waals surface area contributed by atoms with Crippen LogP contribution in [0.2, 0.25) is 0 Å². The molecule has 3 rings (SSSR count). The summed E-state index contributed by atoms with van der Waals surface area (Å²) in [5, 5.41) is 14.9. The molecule has 1 heterocycles. The molecule has 0 unspecified atom stereocenters. The first-order valence-corrected chi connectivity index (χ1v) is 12.1. The van der Waals surface area contributed by atoms with Gasteiger partial charge in [0.25, 0.3) is 5.91 Å². The van der Waals surface area contributed by atoms with E-state index in [1.807, 2.05) is 40.0 Å². The Morgan fingerprint density at radius 3 is 2.43 bits per heavy atom. The Hall–Kier alpha value is -3.66. The second-order valence-electron chi connectivity index (χ2n) is 8.37. The van der Waals surface area contributed by atoms with Gasteiger partial charge < -0.3 is 19.9 Å². The number of ether oxygens (including phenoxy) is 1. The van der Waals surface area contributed by atoms with Gasteiger partial charge >= 0.3 is 5.97 Å². The second kappa shape index (κ2) is 11.7. The number of carbonyl (C=O) groups is 3. The Bertz CT molecular complexity index is 1210. The fourth-order valence-electron chi connectivity index (χ4n) is 3.35. The van der Waals surface area contributed by atoms with E-state index in [4.69, 9.17) is 4.74 Å². The second-order valence-corrected chi connectivity index (χ2v) is 9.31. The topological polar surface area (TPSA) is 115 Å². The summed E-state index contributed by atoms with van der Waals surface area (Å²) in [6.07, 6.45) is 0. The van der Waals surface area contributed by atoms with Crippen LogP contribution < -0.4 is 10.6 Å². The molecule has 0 spiro atoms. The zero-order valence-corrected chi connectivity index (χ0v) is 21.2. The zero-order valence-electron chi connectivity index (χ0n) is 20.4. The van der Waals surface area contributed by atoms with Crippen molar-refractivity contribution in [2.24, 2.45) is 13.0 Å². The summed E-state index contributed by atoms with van der Waals surface area (Å²) in [5.41, 5.74) is 2.50. The van der Waals surface area contributed by atoms with Crippen LogP contribution in [0.4, 0.5) is 5.69 Å². The molecule has 0 aliphatic heterocycles. The van der Waals surface area contributed by atoms with Gasteiger partial charge in [-0.3, -0.25) is 9.59 Å². The van der Waals surface area contributed by atoms with Crippen LogP contribution in [0.3, 0.4) is 0 Å². The molecule has 2 amide bonds. The number of nitrogens with one attached hydrogen (secondary N) is 2. The maximum Gasteiger partial charge on any atom is 0.337 e. The molecule has 9 nitrogen and oxygen atoms in total. The third kappa shape index (κ3) is 6.69. The summed E-state index contributed by atoms with van der Waals surface area (Å²) >= 11 is 1.23. The number of nitrogens with zero attached hydrogens (tertiary/aromatic N) is 3. The van der Waals surface area contributed by atoms with Crippen molar-refractivity contribution in [1.29, 1.82) is 0 Å². The Kier molecular flexibility index (Phi) is 8.64. The Morgan fingerprint density at radius 2 is 1.77 bits per heavy atom. The van der Waals surface area contributed by atoms with Crippen LogP contribution >= 0.6 is 11.8 Å². The lowest BCUT2D eigenvalue weighted by atomic mass is 10.0. The highest BCUT2D eigenvalue weighted by molar-refractivity contribution is 7.99. The first kappa shape index (κ1) is 26.0. The van der Waals surface area contributed by atoms with Gasteiger partial charge in [0, 0.05) is 18.3 Å². The largest absolute Gasteiger partial charge is 0.465 e. The van der Waals surface area contributed by atoms with Gasteiger partial charge in [0.1, 0.15) is 0 Å². The molecule has 0 bridgehead atoms. The van der Waals surface area contributed by atoms with Crippen LogP contribution in [-0.4, -0.2) is 45.4 Å². The van der Waals surface area contributed by atoms with Gasteiger partial charge in [-0.05, 0) is 43.2 Å². The number of thioether (sulfide) groups is 1. The first-order valence-electron chi connectivity index (χ1n) is 11.1. The Balaban J connectivity index is 1.64. The lowest BCUT2D eigenvalue weighted by molar-refractivity contribution is -0.113. The molecule has 1 aromatic heterocycles. The van der Waals surface area contributed by atoms with Gasteiger partial charge in [0.05, 0.1) is 24.5 Å². The number of esters is 1. The van der Waals surface area contributed by atoms with E-state index < -0.39 is 5.97 Å². The van der Waals surface area contributed by atoms with E-state index >= 15 is 0 Å². The number of carbonyl (C=O) groups excluding carboxylic acids is 3. The molecule has 0 radical (unpaired) electrons. The van der Waals surface area contributed by atoms with Crippen molar-refractivity contribution < 1.29 is 19.1 Å². The average molecular weight is 496 g/mol. The van der Waals surface area contributed by atoms with E-state index in [-0.39, 0.29) is 29.5 Å². The van der Waals surface area contributed by atoms with Gasteiger partial charge in [0.15, 0.2) is 11.0 Å². The van der Waals surface area contributed by atoms with Crippen molar-refractivity contribution in [3.63, 3.8) is 0 Å². The molecule has 0 saturated carbocycles.